The number of hydrogen-bond donors (Lipinski definition) is 0. The van der Waals surface area contributed by atoms with E-state index in [4.69, 9.17) is 0 Å². The Morgan fingerprint density at radius 2 is 1.92 bits per heavy atom. The van der Waals surface area contributed by atoms with E-state index in [2.05, 4.69) is 0 Å². The number of carbonyl (C=O) groups excluding carboxylic acids is 2. The van der Waals surface area contributed by atoms with Crippen LogP contribution in [0.4, 0.5) is 0 Å². The molecule has 1 aliphatic carbocycles. The van der Waals surface area contributed by atoms with Gasteiger partial charge in [-0.15, -0.1) is 0 Å². The van der Waals surface area contributed by atoms with E-state index >= 15 is 0 Å². The van der Waals surface area contributed by atoms with E-state index in [0.29, 0.717) is 6.42 Å². The number of Topliss-reactive ketones (excluding diaryl/α,β-unsaturated/α-hetero) is 1. The third-order valence-corrected chi connectivity index (χ3v) is 2.70. The van der Waals surface area contributed by atoms with Crippen LogP contribution in [0.25, 0.3) is 0 Å². The van der Waals surface area contributed by atoms with Gasteiger partial charge in [-0.05, 0) is 19.8 Å². The minimum atomic E-state index is -0.288. The molecule has 12 heavy (non-hydrogen) atoms. The van der Waals surface area contributed by atoms with Gasteiger partial charge in [-0.1, -0.05) is 19.3 Å². The third kappa shape index (κ3) is 2.16. The molecule has 2 heteroatoms. The molecule has 0 unspecified atom stereocenters. The molecule has 0 N–H and O–H groups in total. The van der Waals surface area contributed by atoms with Crippen LogP contribution < -0.4 is 0 Å². The van der Waals surface area contributed by atoms with Crippen LogP contribution in [0.3, 0.4) is 0 Å². The maximum absolute atomic E-state index is 10.9. The summed E-state index contributed by atoms with van der Waals surface area (Å²) in [6.45, 7) is 1.57. The summed E-state index contributed by atoms with van der Waals surface area (Å²) in [5, 5.41) is 0. The normalized spacial score (nSPS) is 21.8. The van der Waals surface area contributed by atoms with E-state index in [1.807, 2.05) is 0 Å². The minimum Gasteiger partial charge on any atom is -0.303 e. The molecule has 0 atom stereocenters. The highest BCUT2D eigenvalue weighted by Gasteiger charge is 2.32. The average molecular weight is 168 g/mol. The van der Waals surface area contributed by atoms with Crippen LogP contribution in [0, 0.1) is 5.41 Å². The van der Waals surface area contributed by atoms with Crippen LogP contribution in [0.5, 0.6) is 0 Å². The van der Waals surface area contributed by atoms with Crippen LogP contribution in [0.2, 0.25) is 0 Å². The van der Waals surface area contributed by atoms with Crippen molar-refractivity contribution in [2.45, 2.75) is 45.4 Å². The van der Waals surface area contributed by atoms with Crippen LogP contribution in [-0.4, -0.2) is 12.1 Å². The largest absolute Gasteiger partial charge is 0.303 e. The predicted octanol–water partition coefficient (Wildman–Crippen LogP) is 2.11. The number of rotatable bonds is 3. The smallest absolute Gasteiger partial charge is 0.130 e. The van der Waals surface area contributed by atoms with Gasteiger partial charge in [0.1, 0.15) is 12.1 Å². The number of hydrogen-bond acceptors (Lipinski definition) is 2. The molecule has 0 spiro atoms. The quantitative estimate of drug-likeness (QED) is 0.605. The molecule has 68 valence electrons. The van der Waals surface area contributed by atoms with Crippen molar-refractivity contribution in [3.8, 4) is 0 Å². The predicted molar refractivity (Wildman–Crippen MR) is 46.9 cm³/mol. The van der Waals surface area contributed by atoms with E-state index in [0.717, 1.165) is 32.0 Å². The minimum absolute atomic E-state index is 0.143. The average Bonchev–Trinajstić information content (AvgIpc) is 2.05. The van der Waals surface area contributed by atoms with Crippen LogP contribution >= 0.6 is 0 Å². The summed E-state index contributed by atoms with van der Waals surface area (Å²) in [4.78, 5) is 21.8. The van der Waals surface area contributed by atoms with E-state index in [1.165, 1.54) is 6.42 Å². The Bertz CT molecular complexity index is 178. The topological polar surface area (TPSA) is 34.1 Å². The van der Waals surface area contributed by atoms with Crippen LogP contribution in [0.15, 0.2) is 0 Å². The summed E-state index contributed by atoms with van der Waals surface area (Å²) >= 11 is 0. The Morgan fingerprint density at radius 3 is 2.33 bits per heavy atom. The van der Waals surface area contributed by atoms with Gasteiger partial charge in [0.05, 0.1) is 0 Å². The van der Waals surface area contributed by atoms with E-state index in [1.54, 1.807) is 6.92 Å². The summed E-state index contributed by atoms with van der Waals surface area (Å²) < 4.78 is 0. The van der Waals surface area contributed by atoms with E-state index in [-0.39, 0.29) is 11.2 Å². The summed E-state index contributed by atoms with van der Waals surface area (Å²) in [5.41, 5.74) is -0.288. The molecule has 1 fully saturated rings. The monoisotopic (exact) mass is 168 g/mol. The molecule has 0 amide bonds. The molecule has 0 aromatic carbocycles. The number of carbonyl (C=O) groups is 2. The maximum Gasteiger partial charge on any atom is 0.130 e. The zero-order valence-electron chi connectivity index (χ0n) is 7.64. The molecule has 2 nitrogen and oxygen atoms in total. The Balaban J connectivity index is 2.59. The lowest BCUT2D eigenvalue weighted by atomic mass is 9.72. The van der Waals surface area contributed by atoms with Gasteiger partial charge in [0.15, 0.2) is 0 Å². The standard InChI is InChI=1S/C10H16O2/c1-9(12)7-10(8-11)5-3-2-4-6-10/h8H,2-7H2,1H3. The second-order valence-corrected chi connectivity index (χ2v) is 3.92. The molecule has 1 rings (SSSR count). The van der Waals surface area contributed by atoms with E-state index < -0.39 is 0 Å². The van der Waals surface area contributed by atoms with Gasteiger partial charge in [-0.25, -0.2) is 0 Å². The lowest BCUT2D eigenvalue weighted by molar-refractivity contribution is -0.126. The summed E-state index contributed by atoms with van der Waals surface area (Å²) in [6.07, 6.45) is 6.71. The molecular formula is C10H16O2. The Morgan fingerprint density at radius 1 is 1.33 bits per heavy atom. The first-order valence-electron chi connectivity index (χ1n) is 4.64. The van der Waals surface area contributed by atoms with Crippen molar-refractivity contribution >= 4 is 12.1 Å². The van der Waals surface area contributed by atoms with Crippen LogP contribution in [-0.2, 0) is 9.59 Å². The highest BCUT2D eigenvalue weighted by molar-refractivity contribution is 5.80. The fourth-order valence-corrected chi connectivity index (χ4v) is 2.09. The Labute approximate surface area is 73.3 Å². The fourth-order valence-electron chi connectivity index (χ4n) is 2.09. The maximum atomic E-state index is 10.9. The zero-order valence-corrected chi connectivity index (χ0v) is 7.64. The molecule has 0 bridgehead atoms. The van der Waals surface area contributed by atoms with Gasteiger partial charge in [0.2, 0.25) is 0 Å². The third-order valence-electron chi connectivity index (χ3n) is 2.70. The first-order chi connectivity index (χ1) is 5.68. The van der Waals surface area contributed by atoms with Crippen molar-refractivity contribution in [1.29, 1.82) is 0 Å². The van der Waals surface area contributed by atoms with Crippen molar-refractivity contribution in [2.24, 2.45) is 5.41 Å². The van der Waals surface area contributed by atoms with Crippen molar-refractivity contribution in [3.05, 3.63) is 0 Å². The van der Waals surface area contributed by atoms with Crippen LogP contribution in [0.1, 0.15) is 45.4 Å². The SMILES string of the molecule is CC(=O)CC1(C=O)CCCCC1. The van der Waals surface area contributed by atoms with Crippen molar-refractivity contribution < 1.29 is 9.59 Å². The van der Waals surface area contributed by atoms with Crippen molar-refractivity contribution in [3.63, 3.8) is 0 Å². The Hall–Kier alpha value is -0.660. The molecule has 1 aliphatic rings. The molecule has 0 aliphatic heterocycles. The molecule has 0 saturated heterocycles. The Kier molecular flexibility index (Phi) is 3.01. The van der Waals surface area contributed by atoms with Gasteiger partial charge in [0, 0.05) is 11.8 Å². The van der Waals surface area contributed by atoms with Gasteiger partial charge in [-0.3, -0.25) is 4.79 Å². The number of aldehydes is 1. The summed E-state index contributed by atoms with van der Waals surface area (Å²) in [7, 11) is 0. The van der Waals surface area contributed by atoms with Gasteiger partial charge in [0.25, 0.3) is 0 Å². The van der Waals surface area contributed by atoms with Gasteiger partial charge >= 0.3 is 0 Å². The molecule has 0 aromatic rings. The summed E-state index contributed by atoms with van der Waals surface area (Å²) in [5.74, 6) is 0.143. The van der Waals surface area contributed by atoms with Gasteiger partial charge < -0.3 is 4.79 Å². The second kappa shape index (κ2) is 3.83. The molecule has 1 saturated carbocycles. The zero-order chi connectivity index (χ0) is 9.03. The molecule has 0 radical (unpaired) electrons. The molecular weight excluding hydrogens is 152 g/mol. The van der Waals surface area contributed by atoms with E-state index in [9.17, 15) is 9.59 Å². The second-order valence-electron chi connectivity index (χ2n) is 3.92. The van der Waals surface area contributed by atoms with Crippen molar-refractivity contribution in [1.82, 2.24) is 0 Å². The highest BCUT2D eigenvalue weighted by atomic mass is 16.1. The summed E-state index contributed by atoms with van der Waals surface area (Å²) in [6, 6.07) is 0. The number of ketones is 1. The first kappa shape index (κ1) is 9.43. The lowest BCUT2D eigenvalue weighted by Crippen LogP contribution is -2.28. The van der Waals surface area contributed by atoms with Gasteiger partial charge in [-0.2, -0.15) is 0 Å². The fraction of sp³-hybridized carbons (Fsp3) is 0.800. The molecule has 0 heterocycles. The first-order valence-corrected chi connectivity index (χ1v) is 4.64. The lowest BCUT2D eigenvalue weighted by Gasteiger charge is -2.30. The molecule has 0 aromatic heterocycles. The highest BCUT2D eigenvalue weighted by Crippen LogP contribution is 2.37. The van der Waals surface area contributed by atoms with Crippen molar-refractivity contribution in [2.75, 3.05) is 0 Å².